The Morgan fingerprint density at radius 3 is 2.61 bits per heavy atom. The highest BCUT2D eigenvalue weighted by molar-refractivity contribution is 6.31. The molecular weight excluding hydrogens is 374 g/mol. The number of para-hydroxylation sites is 2. The topological polar surface area (TPSA) is 62.3 Å². The minimum Gasteiger partial charge on any atom is -0.378 e. The molecule has 7 heteroatoms. The van der Waals surface area contributed by atoms with E-state index in [1.807, 2.05) is 43.3 Å². The van der Waals surface area contributed by atoms with Crippen molar-refractivity contribution in [3.8, 4) is 0 Å². The first-order valence-corrected chi connectivity index (χ1v) is 9.62. The number of aromatic nitrogens is 2. The van der Waals surface area contributed by atoms with Crippen LogP contribution in [0.15, 0.2) is 54.7 Å². The van der Waals surface area contributed by atoms with Crippen molar-refractivity contribution in [2.24, 2.45) is 0 Å². The van der Waals surface area contributed by atoms with E-state index in [1.165, 1.54) is 0 Å². The average molecular weight is 396 g/mol. The summed E-state index contributed by atoms with van der Waals surface area (Å²) < 4.78 is 5.47. The van der Waals surface area contributed by atoms with Crippen LogP contribution in [0.25, 0.3) is 0 Å². The van der Waals surface area contributed by atoms with Gasteiger partial charge in [0.05, 0.1) is 24.6 Å². The zero-order valence-electron chi connectivity index (χ0n) is 15.7. The van der Waals surface area contributed by atoms with E-state index in [0.717, 1.165) is 54.7 Å². The molecule has 0 bridgehead atoms. The van der Waals surface area contributed by atoms with E-state index in [0.29, 0.717) is 11.0 Å². The van der Waals surface area contributed by atoms with Gasteiger partial charge in [0.25, 0.3) is 0 Å². The summed E-state index contributed by atoms with van der Waals surface area (Å²) in [7, 11) is 0. The van der Waals surface area contributed by atoms with Crippen molar-refractivity contribution in [3.05, 3.63) is 65.3 Å². The van der Waals surface area contributed by atoms with Crippen LogP contribution in [0.2, 0.25) is 5.02 Å². The van der Waals surface area contributed by atoms with Crippen LogP contribution in [-0.4, -0.2) is 36.3 Å². The molecule has 1 fully saturated rings. The van der Waals surface area contributed by atoms with Gasteiger partial charge in [-0.2, -0.15) is 4.98 Å². The van der Waals surface area contributed by atoms with E-state index in [4.69, 9.17) is 16.3 Å². The average Bonchev–Trinajstić information content (AvgIpc) is 2.73. The first-order chi connectivity index (χ1) is 13.7. The van der Waals surface area contributed by atoms with Crippen molar-refractivity contribution in [3.63, 3.8) is 0 Å². The summed E-state index contributed by atoms with van der Waals surface area (Å²) in [5, 5.41) is 7.37. The van der Waals surface area contributed by atoms with E-state index in [-0.39, 0.29) is 0 Å². The Hall–Kier alpha value is -2.83. The number of nitrogens with zero attached hydrogens (tertiary/aromatic N) is 3. The van der Waals surface area contributed by atoms with Crippen molar-refractivity contribution in [1.29, 1.82) is 0 Å². The second-order valence-electron chi connectivity index (χ2n) is 6.54. The van der Waals surface area contributed by atoms with Gasteiger partial charge < -0.3 is 20.3 Å². The van der Waals surface area contributed by atoms with Gasteiger partial charge in [-0.1, -0.05) is 29.8 Å². The Kier molecular flexibility index (Phi) is 5.60. The van der Waals surface area contributed by atoms with Crippen LogP contribution in [0.1, 0.15) is 5.56 Å². The summed E-state index contributed by atoms with van der Waals surface area (Å²) in [4.78, 5) is 11.2. The van der Waals surface area contributed by atoms with Crippen molar-refractivity contribution in [2.45, 2.75) is 6.92 Å². The van der Waals surface area contributed by atoms with E-state index >= 15 is 0 Å². The van der Waals surface area contributed by atoms with Crippen LogP contribution < -0.4 is 15.5 Å². The SMILES string of the molecule is Cc1c(Cl)cccc1Nc1nccc(Nc2ccccc2N2CCOCC2)n1. The van der Waals surface area contributed by atoms with E-state index in [1.54, 1.807) is 6.20 Å². The number of hydrogen-bond donors (Lipinski definition) is 2. The molecule has 0 spiro atoms. The smallest absolute Gasteiger partial charge is 0.229 e. The number of nitrogens with one attached hydrogen (secondary N) is 2. The number of ether oxygens (including phenoxy) is 1. The molecule has 0 saturated carbocycles. The highest BCUT2D eigenvalue weighted by atomic mass is 35.5. The van der Waals surface area contributed by atoms with Crippen LogP contribution in [0.5, 0.6) is 0 Å². The first kappa shape index (κ1) is 18.5. The third-order valence-electron chi connectivity index (χ3n) is 4.69. The Bertz CT molecular complexity index is 959. The molecule has 0 radical (unpaired) electrons. The maximum Gasteiger partial charge on any atom is 0.229 e. The second kappa shape index (κ2) is 8.46. The standard InChI is InChI=1S/C21H22ClN5O/c1-15-16(22)5-4-7-17(15)25-21-23-10-9-20(26-21)24-18-6-2-3-8-19(18)27-11-13-28-14-12-27/h2-10H,11-14H2,1H3,(H2,23,24,25,26). The molecule has 2 N–H and O–H groups in total. The summed E-state index contributed by atoms with van der Waals surface area (Å²) in [6, 6.07) is 15.8. The Morgan fingerprint density at radius 2 is 1.75 bits per heavy atom. The van der Waals surface area contributed by atoms with Crippen molar-refractivity contribution in [2.75, 3.05) is 41.8 Å². The summed E-state index contributed by atoms with van der Waals surface area (Å²) in [5.41, 5.74) is 4.00. The lowest BCUT2D eigenvalue weighted by molar-refractivity contribution is 0.123. The highest BCUT2D eigenvalue weighted by Gasteiger charge is 2.15. The molecular formula is C21H22ClN5O. The van der Waals surface area contributed by atoms with E-state index in [2.05, 4.69) is 37.6 Å². The second-order valence-corrected chi connectivity index (χ2v) is 6.95. The summed E-state index contributed by atoms with van der Waals surface area (Å²) in [5.74, 6) is 1.23. The fraction of sp³-hybridized carbons (Fsp3) is 0.238. The normalized spacial score (nSPS) is 14.0. The van der Waals surface area contributed by atoms with Gasteiger partial charge in [0.1, 0.15) is 5.82 Å². The van der Waals surface area contributed by atoms with E-state index < -0.39 is 0 Å². The number of halogens is 1. The lowest BCUT2D eigenvalue weighted by Gasteiger charge is -2.30. The quantitative estimate of drug-likeness (QED) is 0.649. The molecule has 28 heavy (non-hydrogen) atoms. The van der Waals surface area contributed by atoms with Crippen LogP contribution in [0, 0.1) is 6.92 Å². The molecule has 0 aliphatic carbocycles. The lowest BCUT2D eigenvalue weighted by Crippen LogP contribution is -2.36. The summed E-state index contributed by atoms with van der Waals surface area (Å²) in [6.45, 7) is 5.21. The van der Waals surface area contributed by atoms with Gasteiger partial charge in [0.15, 0.2) is 0 Å². The minimum absolute atomic E-state index is 0.513. The molecule has 4 rings (SSSR count). The van der Waals surface area contributed by atoms with Gasteiger partial charge in [0, 0.05) is 30.0 Å². The van der Waals surface area contributed by atoms with Gasteiger partial charge in [-0.3, -0.25) is 0 Å². The predicted molar refractivity (Wildman–Crippen MR) is 114 cm³/mol. The van der Waals surface area contributed by atoms with Crippen molar-refractivity contribution < 1.29 is 4.74 Å². The number of anilines is 5. The van der Waals surface area contributed by atoms with Crippen LogP contribution in [0.3, 0.4) is 0 Å². The van der Waals surface area contributed by atoms with Crippen molar-refractivity contribution in [1.82, 2.24) is 9.97 Å². The Labute approximate surface area is 169 Å². The van der Waals surface area contributed by atoms with Gasteiger partial charge in [0.2, 0.25) is 5.95 Å². The van der Waals surface area contributed by atoms with Gasteiger partial charge >= 0.3 is 0 Å². The molecule has 1 aromatic heterocycles. The lowest BCUT2D eigenvalue weighted by atomic mass is 10.2. The number of rotatable bonds is 5. The maximum absolute atomic E-state index is 6.20. The van der Waals surface area contributed by atoms with Crippen molar-refractivity contribution >= 4 is 40.4 Å². The van der Waals surface area contributed by atoms with Gasteiger partial charge in [-0.05, 0) is 42.8 Å². The molecule has 0 unspecified atom stereocenters. The zero-order valence-corrected chi connectivity index (χ0v) is 16.4. The highest BCUT2D eigenvalue weighted by Crippen LogP contribution is 2.29. The summed E-state index contributed by atoms with van der Waals surface area (Å²) >= 11 is 6.20. The number of benzene rings is 2. The molecule has 144 valence electrons. The molecule has 6 nitrogen and oxygen atoms in total. The monoisotopic (exact) mass is 395 g/mol. The Balaban J connectivity index is 1.55. The fourth-order valence-electron chi connectivity index (χ4n) is 3.15. The van der Waals surface area contributed by atoms with Crippen LogP contribution in [-0.2, 0) is 4.74 Å². The van der Waals surface area contributed by atoms with Crippen LogP contribution >= 0.6 is 11.6 Å². The molecule has 2 heterocycles. The minimum atomic E-state index is 0.513. The molecule has 1 aliphatic heterocycles. The number of hydrogen-bond acceptors (Lipinski definition) is 6. The predicted octanol–water partition coefficient (Wildman–Crippen LogP) is 4.76. The first-order valence-electron chi connectivity index (χ1n) is 9.24. The molecule has 1 aliphatic rings. The maximum atomic E-state index is 6.20. The van der Waals surface area contributed by atoms with Crippen LogP contribution in [0.4, 0.5) is 28.8 Å². The molecule has 0 atom stereocenters. The molecule has 2 aromatic carbocycles. The third kappa shape index (κ3) is 4.18. The van der Waals surface area contributed by atoms with E-state index in [9.17, 15) is 0 Å². The third-order valence-corrected chi connectivity index (χ3v) is 5.10. The molecule has 0 amide bonds. The zero-order chi connectivity index (χ0) is 19.3. The fourth-order valence-corrected chi connectivity index (χ4v) is 3.32. The summed E-state index contributed by atoms with van der Waals surface area (Å²) in [6.07, 6.45) is 1.73. The van der Waals surface area contributed by atoms with Gasteiger partial charge in [-0.25, -0.2) is 4.98 Å². The Morgan fingerprint density at radius 1 is 0.964 bits per heavy atom. The molecule has 3 aromatic rings. The van der Waals surface area contributed by atoms with Gasteiger partial charge in [-0.15, -0.1) is 0 Å². The molecule has 1 saturated heterocycles. The largest absolute Gasteiger partial charge is 0.378 e. The number of morpholine rings is 1.